The highest BCUT2D eigenvalue weighted by Crippen LogP contribution is 2.22. The van der Waals surface area contributed by atoms with E-state index in [4.69, 9.17) is 0 Å². The molecule has 28 heavy (non-hydrogen) atoms. The largest absolute Gasteiger partial charge is 0.340 e. The lowest BCUT2D eigenvalue weighted by Gasteiger charge is -2.23. The average molecular weight is 377 g/mol. The molecule has 1 atom stereocenters. The summed E-state index contributed by atoms with van der Waals surface area (Å²) < 4.78 is 1.92. The van der Waals surface area contributed by atoms with E-state index in [1.165, 1.54) is 29.5 Å². The lowest BCUT2D eigenvalue weighted by molar-refractivity contribution is 0.272. The van der Waals surface area contributed by atoms with Gasteiger partial charge in [0.15, 0.2) is 0 Å². The van der Waals surface area contributed by atoms with Crippen molar-refractivity contribution in [1.82, 2.24) is 25.1 Å². The van der Waals surface area contributed by atoms with E-state index in [1.807, 2.05) is 10.7 Å². The maximum Gasteiger partial charge on any atom is 0.245 e. The highest BCUT2D eigenvalue weighted by molar-refractivity contribution is 5.63. The summed E-state index contributed by atoms with van der Waals surface area (Å²) in [6.07, 6.45) is 3.54. The van der Waals surface area contributed by atoms with E-state index in [0.717, 1.165) is 25.5 Å². The Bertz CT molecular complexity index is 872. The molecule has 0 bridgehead atoms. The minimum absolute atomic E-state index is 0.639. The molecule has 1 fully saturated rings. The van der Waals surface area contributed by atoms with Gasteiger partial charge in [-0.2, -0.15) is 0 Å². The highest BCUT2D eigenvalue weighted by atomic mass is 15.6. The zero-order valence-electron chi connectivity index (χ0n) is 16.7. The Kier molecular flexibility index (Phi) is 5.67. The van der Waals surface area contributed by atoms with Crippen molar-refractivity contribution in [1.29, 1.82) is 0 Å². The SMILES string of the molecule is CN(C)[C@H]1CCCN(c2nnnn2Cc2ccc(-c3ccccc3)cc2)CC1. The van der Waals surface area contributed by atoms with Gasteiger partial charge in [0.05, 0.1) is 6.54 Å². The molecule has 6 nitrogen and oxygen atoms in total. The van der Waals surface area contributed by atoms with Crippen LogP contribution in [0.25, 0.3) is 11.1 Å². The lowest BCUT2D eigenvalue weighted by Crippen LogP contribution is -2.31. The van der Waals surface area contributed by atoms with Gasteiger partial charge in [-0.15, -0.1) is 0 Å². The van der Waals surface area contributed by atoms with Gasteiger partial charge in [-0.25, -0.2) is 4.68 Å². The lowest BCUT2D eigenvalue weighted by atomic mass is 10.0. The van der Waals surface area contributed by atoms with Crippen LogP contribution >= 0.6 is 0 Å². The second-order valence-electron chi connectivity index (χ2n) is 7.73. The van der Waals surface area contributed by atoms with Crippen LogP contribution in [0.1, 0.15) is 24.8 Å². The van der Waals surface area contributed by atoms with E-state index in [1.54, 1.807) is 0 Å². The standard InChI is InChI=1S/C22H28N6/c1-26(2)21-9-6-15-27(16-14-21)22-23-24-25-28(22)17-18-10-12-20(13-11-18)19-7-4-3-5-8-19/h3-5,7-8,10-13,21H,6,9,14-17H2,1-2H3/t21-/m0/s1. The smallest absolute Gasteiger partial charge is 0.245 e. The summed E-state index contributed by atoms with van der Waals surface area (Å²) in [5.74, 6) is 0.881. The summed E-state index contributed by atoms with van der Waals surface area (Å²) in [4.78, 5) is 4.67. The van der Waals surface area contributed by atoms with Crippen LogP contribution in [0.4, 0.5) is 5.95 Å². The van der Waals surface area contributed by atoms with Crippen molar-refractivity contribution in [3.63, 3.8) is 0 Å². The molecule has 1 saturated heterocycles. The van der Waals surface area contributed by atoms with Gasteiger partial charge in [0, 0.05) is 19.1 Å². The van der Waals surface area contributed by atoms with Gasteiger partial charge in [-0.1, -0.05) is 59.7 Å². The van der Waals surface area contributed by atoms with Crippen molar-refractivity contribution in [3.8, 4) is 11.1 Å². The van der Waals surface area contributed by atoms with E-state index in [2.05, 4.69) is 88.0 Å². The summed E-state index contributed by atoms with van der Waals surface area (Å²) in [7, 11) is 4.34. The molecule has 0 N–H and O–H groups in total. The van der Waals surface area contributed by atoms with Gasteiger partial charge in [-0.05, 0) is 60.5 Å². The topological polar surface area (TPSA) is 50.1 Å². The van der Waals surface area contributed by atoms with Crippen molar-refractivity contribution in [2.75, 3.05) is 32.1 Å². The number of benzene rings is 2. The molecule has 0 saturated carbocycles. The Hall–Kier alpha value is -2.73. The minimum Gasteiger partial charge on any atom is -0.340 e. The first kappa shape index (κ1) is 18.6. The minimum atomic E-state index is 0.639. The molecule has 1 aromatic heterocycles. The second kappa shape index (κ2) is 8.52. The van der Waals surface area contributed by atoms with Gasteiger partial charge in [0.2, 0.25) is 5.95 Å². The highest BCUT2D eigenvalue weighted by Gasteiger charge is 2.22. The first-order chi connectivity index (χ1) is 13.7. The zero-order valence-corrected chi connectivity index (χ0v) is 16.7. The first-order valence-corrected chi connectivity index (χ1v) is 10.0. The second-order valence-corrected chi connectivity index (χ2v) is 7.73. The van der Waals surface area contributed by atoms with Gasteiger partial charge in [-0.3, -0.25) is 0 Å². The molecule has 0 aliphatic carbocycles. The van der Waals surface area contributed by atoms with Gasteiger partial charge < -0.3 is 9.80 Å². The number of tetrazole rings is 1. The molecule has 0 radical (unpaired) electrons. The van der Waals surface area contributed by atoms with Gasteiger partial charge in [0.25, 0.3) is 0 Å². The molecular weight excluding hydrogens is 348 g/mol. The third-order valence-corrected chi connectivity index (χ3v) is 5.62. The maximum atomic E-state index is 4.33. The van der Waals surface area contributed by atoms with E-state index in [0.29, 0.717) is 12.6 Å². The van der Waals surface area contributed by atoms with Crippen LogP contribution in [0.5, 0.6) is 0 Å². The van der Waals surface area contributed by atoms with Crippen LogP contribution < -0.4 is 4.90 Å². The maximum absolute atomic E-state index is 4.33. The molecule has 0 spiro atoms. The average Bonchev–Trinajstić information content (AvgIpc) is 3.03. The Morgan fingerprint density at radius 3 is 2.43 bits per heavy atom. The molecule has 2 aromatic carbocycles. The first-order valence-electron chi connectivity index (χ1n) is 10.0. The fourth-order valence-corrected chi connectivity index (χ4v) is 3.93. The zero-order chi connectivity index (χ0) is 19.3. The summed E-state index contributed by atoms with van der Waals surface area (Å²) in [5, 5.41) is 12.5. The fraction of sp³-hybridized carbons (Fsp3) is 0.409. The molecule has 0 unspecified atom stereocenters. The molecule has 3 aromatic rings. The van der Waals surface area contributed by atoms with Crippen molar-refractivity contribution < 1.29 is 0 Å². The van der Waals surface area contributed by atoms with Crippen LogP contribution in [0, 0.1) is 0 Å². The van der Waals surface area contributed by atoms with Gasteiger partial charge in [0.1, 0.15) is 0 Å². The molecule has 146 valence electrons. The predicted molar refractivity (Wildman–Crippen MR) is 112 cm³/mol. The monoisotopic (exact) mass is 376 g/mol. The van der Waals surface area contributed by atoms with Crippen molar-refractivity contribution in [2.24, 2.45) is 0 Å². The Labute approximate surface area is 166 Å². The summed E-state index contributed by atoms with van der Waals surface area (Å²) in [5.41, 5.74) is 3.66. The molecule has 2 heterocycles. The molecule has 6 heteroatoms. The van der Waals surface area contributed by atoms with Gasteiger partial charge >= 0.3 is 0 Å². The summed E-state index contributed by atoms with van der Waals surface area (Å²) >= 11 is 0. The van der Waals surface area contributed by atoms with Crippen LogP contribution in [-0.4, -0.2) is 58.3 Å². The summed E-state index contributed by atoms with van der Waals surface area (Å²) in [6, 6.07) is 19.8. The molecular formula is C22H28N6. The van der Waals surface area contributed by atoms with Crippen LogP contribution in [-0.2, 0) is 6.54 Å². The third-order valence-electron chi connectivity index (χ3n) is 5.62. The molecule has 1 aliphatic heterocycles. The normalized spacial score (nSPS) is 17.7. The van der Waals surface area contributed by atoms with Crippen molar-refractivity contribution in [3.05, 3.63) is 60.2 Å². The Balaban J connectivity index is 1.46. The number of nitrogens with zero attached hydrogens (tertiary/aromatic N) is 6. The quantitative estimate of drug-likeness (QED) is 0.684. The molecule has 0 amide bonds. The number of aromatic nitrogens is 4. The number of anilines is 1. The van der Waals surface area contributed by atoms with Crippen LogP contribution in [0.2, 0.25) is 0 Å². The van der Waals surface area contributed by atoms with Crippen LogP contribution in [0.3, 0.4) is 0 Å². The van der Waals surface area contributed by atoms with Crippen molar-refractivity contribution >= 4 is 5.95 Å². The predicted octanol–water partition coefficient (Wildman–Crippen LogP) is 3.31. The summed E-state index contributed by atoms with van der Waals surface area (Å²) in [6.45, 7) is 2.69. The van der Waals surface area contributed by atoms with Crippen LogP contribution in [0.15, 0.2) is 54.6 Å². The number of hydrogen-bond donors (Lipinski definition) is 0. The number of rotatable bonds is 5. The third kappa shape index (κ3) is 4.22. The molecule has 4 rings (SSSR count). The van der Waals surface area contributed by atoms with E-state index >= 15 is 0 Å². The van der Waals surface area contributed by atoms with E-state index in [9.17, 15) is 0 Å². The Morgan fingerprint density at radius 2 is 1.68 bits per heavy atom. The molecule has 1 aliphatic rings. The van der Waals surface area contributed by atoms with Crippen molar-refractivity contribution in [2.45, 2.75) is 31.8 Å². The fourth-order valence-electron chi connectivity index (χ4n) is 3.93. The van der Waals surface area contributed by atoms with E-state index < -0.39 is 0 Å². The van der Waals surface area contributed by atoms with E-state index in [-0.39, 0.29) is 0 Å². The number of hydrogen-bond acceptors (Lipinski definition) is 5. The Morgan fingerprint density at radius 1 is 0.929 bits per heavy atom.